The molecule has 0 saturated carbocycles. The van der Waals surface area contributed by atoms with Crippen LogP contribution in [-0.4, -0.2) is 73.7 Å². The van der Waals surface area contributed by atoms with E-state index in [-0.39, 0.29) is 30.6 Å². The number of carboxylic acid groups (broad SMARTS) is 2. The number of hydrogen-bond acceptors (Lipinski definition) is 11. The number of allylic oxidation sites excluding steroid dienone is 1. The van der Waals surface area contributed by atoms with Gasteiger partial charge in [0.25, 0.3) is 21.6 Å². The third-order valence-electron chi connectivity index (χ3n) is 5.59. The third kappa shape index (κ3) is 6.84. The van der Waals surface area contributed by atoms with Crippen LogP contribution in [0.25, 0.3) is 11.0 Å². The van der Waals surface area contributed by atoms with Crippen LogP contribution in [0.3, 0.4) is 0 Å². The average Bonchev–Trinajstić information content (AvgIpc) is 3.47. The molecule has 4 rings (SSSR count). The fourth-order valence-corrected chi connectivity index (χ4v) is 8.00. The van der Waals surface area contributed by atoms with Gasteiger partial charge in [0.15, 0.2) is 0 Å². The number of amides is 1. The van der Waals surface area contributed by atoms with Crippen molar-refractivity contribution in [3.05, 3.63) is 54.9 Å². The first kappa shape index (κ1) is 30.0. The van der Waals surface area contributed by atoms with Crippen molar-refractivity contribution < 1.29 is 37.6 Å². The highest BCUT2D eigenvalue weighted by molar-refractivity contribution is 8.30. The van der Waals surface area contributed by atoms with Gasteiger partial charge in [-0.2, -0.15) is 8.42 Å². The summed E-state index contributed by atoms with van der Waals surface area (Å²) >= 11 is 8.27. The van der Waals surface area contributed by atoms with E-state index in [0.717, 1.165) is 48.2 Å². The van der Waals surface area contributed by atoms with Crippen LogP contribution in [0.4, 0.5) is 5.69 Å². The minimum atomic E-state index is -4.07. The second kappa shape index (κ2) is 12.3. The average molecular weight is 644 g/mol. The predicted octanol–water partition coefficient (Wildman–Crippen LogP) is 0.950. The topological polar surface area (TPSA) is 175 Å². The Kier molecular flexibility index (Phi) is 9.21. The molecule has 0 radical (unpaired) electrons. The number of aromatic nitrogens is 1. The Labute approximate surface area is 245 Å². The highest BCUT2D eigenvalue weighted by atomic mass is 32.2. The van der Waals surface area contributed by atoms with E-state index in [0.29, 0.717) is 13.0 Å². The number of carbonyl (C=O) groups excluding carboxylic acids is 1. The fourth-order valence-electron chi connectivity index (χ4n) is 3.89. The van der Waals surface area contributed by atoms with Crippen molar-refractivity contribution in [1.29, 1.82) is 0 Å². The molecule has 212 valence electrons. The predicted molar refractivity (Wildman–Crippen MR) is 156 cm³/mol. The Bertz CT molecular complexity index is 1730. The summed E-state index contributed by atoms with van der Waals surface area (Å²) in [6, 6.07) is 7.55. The van der Waals surface area contributed by atoms with E-state index in [1.807, 2.05) is 29.2 Å². The van der Waals surface area contributed by atoms with E-state index in [2.05, 4.69) is 0 Å². The van der Waals surface area contributed by atoms with Crippen molar-refractivity contribution in [1.82, 2.24) is 9.47 Å². The number of thiazole rings is 1. The summed E-state index contributed by atoms with van der Waals surface area (Å²) in [5.41, 5.74) is 0.257. The first-order valence-corrected chi connectivity index (χ1v) is 15.9. The highest BCUT2D eigenvalue weighted by Crippen LogP contribution is 2.45. The molecule has 40 heavy (non-hydrogen) atoms. The molecule has 1 saturated heterocycles. The van der Waals surface area contributed by atoms with Gasteiger partial charge in [0.2, 0.25) is 0 Å². The van der Waals surface area contributed by atoms with Gasteiger partial charge in [0, 0.05) is 11.4 Å². The number of para-hydroxylation sites is 1. The smallest absolute Gasteiger partial charge is 0.323 e. The normalized spacial score (nSPS) is 18.2. The number of benzene rings is 1. The van der Waals surface area contributed by atoms with Crippen molar-refractivity contribution >= 4 is 96.0 Å². The SMILES string of the molecule is O=C(O)CN1C(=O)/C(=c2\s/c(=C\C=C3\Sc4ccccc4N3CCCCS(=O)(=O)O)c(=O)n2CC(=O)O)SC1=S. The first-order valence-electron chi connectivity index (χ1n) is 11.5. The van der Waals surface area contributed by atoms with Gasteiger partial charge in [0.1, 0.15) is 27.0 Å². The lowest BCUT2D eigenvalue weighted by Gasteiger charge is -2.20. The fraction of sp³-hybridized carbons (Fsp3) is 0.261. The van der Waals surface area contributed by atoms with Gasteiger partial charge in [-0.25, -0.2) is 0 Å². The van der Waals surface area contributed by atoms with Crippen molar-refractivity contribution in [3.8, 4) is 0 Å². The molecule has 0 atom stereocenters. The molecule has 17 heteroatoms. The second-order valence-corrected chi connectivity index (χ2v) is 13.7. The number of unbranched alkanes of at least 4 members (excludes halogenated alkanes) is 1. The lowest BCUT2D eigenvalue weighted by molar-refractivity contribution is -0.140. The van der Waals surface area contributed by atoms with Gasteiger partial charge in [0.05, 0.1) is 21.0 Å². The van der Waals surface area contributed by atoms with E-state index < -0.39 is 46.6 Å². The third-order valence-corrected chi connectivity index (χ3v) is 10.2. The molecule has 1 amide bonds. The monoisotopic (exact) mass is 643 g/mol. The summed E-state index contributed by atoms with van der Waals surface area (Å²) in [6.07, 6.45) is 3.92. The molecule has 0 unspecified atom stereocenters. The number of hydrogen-bond donors (Lipinski definition) is 3. The maximum absolute atomic E-state index is 13.2. The summed E-state index contributed by atoms with van der Waals surface area (Å²) in [5, 5.41) is 19.2. The van der Waals surface area contributed by atoms with Crippen LogP contribution in [0.15, 0.2) is 45.1 Å². The number of carbonyl (C=O) groups is 3. The van der Waals surface area contributed by atoms with Crippen LogP contribution in [-0.2, 0) is 31.0 Å². The number of anilines is 1. The van der Waals surface area contributed by atoms with E-state index in [1.54, 1.807) is 6.08 Å². The van der Waals surface area contributed by atoms with Crippen LogP contribution < -0.4 is 19.7 Å². The summed E-state index contributed by atoms with van der Waals surface area (Å²) in [5.74, 6) is -3.65. The van der Waals surface area contributed by atoms with E-state index in [4.69, 9.17) is 21.9 Å². The highest BCUT2D eigenvalue weighted by Gasteiger charge is 2.35. The van der Waals surface area contributed by atoms with Gasteiger partial charge in [-0.3, -0.25) is 33.2 Å². The van der Waals surface area contributed by atoms with E-state index in [1.165, 1.54) is 17.8 Å². The molecule has 1 fully saturated rings. The lowest BCUT2D eigenvalue weighted by Crippen LogP contribution is -2.36. The van der Waals surface area contributed by atoms with Crippen molar-refractivity contribution in [2.45, 2.75) is 24.3 Å². The van der Waals surface area contributed by atoms with Crippen LogP contribution >= 0.6 is 47.1 Å². The number of aliphatic carboxylic acids is 2. The Morgan fingerprint density at radius 3 is 2.35 bits per heavy atom. The number of rotatable bonds is 10. The minimum absolute atomic E-state index is 0.0115. The Hall–Kier alpha value is -2.96. The number of carboxylic acids is 2. The zero-order valence-corrected chi connectivity index (χ0v) is 24.5. The summed E-state index contributed by atoms with van der Waals surface area (Å²) in [7, 11) is -4.07. The zero-order chi connectivity index (χ0) is 29.2. The molecule has 2 aromatic rings. The molecule has 0 aliphatic carbocycles. The molecule has 1 aromatic carbocycles. The summed E-state index contributed by atoms with van der Waals surface area (Å²) in [6.45, 7) is -0.929. The zero-order valence-electron chi connectivity index (χ0n) is 20.4. The van der Waals surface area contributed by atoms with Crippen molar-refractivity contribution in [3.63, 3.8) is 0 Å². The van der Waals surface area contributed by atoms with Gasteiger partial charge in [-0.15, -0.1) is 11.3 Å². The quantitative estimate of drug-likeness (QED) is 0.190. The molecule has 0 bridgehead atoms. The minimum Gasteiger partial charge on any atom is -0.480 e. The molecule has 0 spiro atoms. The standard InChI is InChI=1S/C23H21N3O9S5/c27-17(28)11-25-20(31)15(38-22(25)19-21(32)26(12-18(29)30)23(36)39-19)7-8-16-24(9-3-4-10-40(33,34)35)13-5-1-2-6-14(13)37-16/h1-2,5-8H,3-4,9-12H2,(H,27,28)(H,29,30)(H,33,34,35)/b15-7-,16-8+,22-19+. The van der Waals surface area contributed by atoms with Crippen LogP contribution in [0.5, 0.6) is 0 Å². The Balaban J connectivity index is 1.74. The number of fused-ring (bicyclic) bond motifs is 1. The van der Waals surface area contributed by atoms with E-state index in [9.17, 15) is 32.7 Å². The van der Waals surface area contributed by atoms with Gasteiger partial charge in [-0.05, 0) is 37.1 Å². The second-order valence-electron chi connectivity index (χ2n) is 8.42. The molecule has 1 aromatic heterocycles. The molecule has 3 N–H and O–H groups in total. The molecule has 12 nitrogen and oxygen atoms in total. The molecule has 2 aliphatic rings. The Morgan fingerprint density at radius 1 is 0.975 bits per heavy atom. The lowest BCUT2D eigenvalue weighted by atomic mass is 10.2. The maximum atomic E-state index is 13.2. The van der Waals surface area contributed by atoms with Crippen molar-refractivity contribution in [2.24, 2.45) is 0 Å². The first-order chi connectivity index (χ1) is 18.9. The number of thioether (sulfide) groups is 2. The maximum Gasteiger partial charge on any atom is 0.323 e. The Morgan fingerprint density at radius 2 is 1.68 bits per heavy atom. The number of thiocarbonyl (C=S) groups is 1. The number of nitrogens with zero attached hydrogens (tertiary/aromatic N) is 3. The van der Waals surface area contributed by atoms with Crippen LogP contribution in [0, 0.1) is 0 Å². The van der Waals surface area contributed by atoms with Crippen molar-refractivity contribution in [2.75, 3.05) is 23.7 Å². The molecular formula is C23H21N3O9S5. The molecular weight excluding hydrogens is 623 g/mol. The molecule has 3 heterocycles. The van der Waals surface area contributed by atoms with Gasteiger partial charge in [-0.1, -0.05) is 47.9 Å². The summed E-state index contributed by atoms with van der Waals surface area (Å²) < 4.78 is 32.3. The van der Waals surface area contributed by atoms with Gasteiger partial charge >= 0.3 is 11.9 Å². The summed E-state index contributed by atoms with van der Waals surface area (Å²) in [4.78, 5) is 52.6. The largest absolute Gasteiger partial charge is 0.480 e. The van der Waals surface area contributed by atoms with Gasteiger partial charge < -0.3 is 15.1 Å². The van der Waals surface area contributed by atoms with E-state index >= 15 is 0 Å². The van der Waals surface area contributed by atoms with Crippen LogP contribution in [0.1, 0.15) is 12.8 Å². The molecule has 2 aliphatic heterocycles. The van der Waals surface area contributed by atoms with Crippen LogP contribution in [0.2, 0.25) is 0 Å².